The number of phenolic OH excluding ortho intramolecular Hbond substituents is 1. The van der Waals surface area contributed by atoms with Crippen LogP contribution in [0.4, 0.5) is 11.6 Å². The Morgan fingerprint density at radius 3 is 2.50 bits per heavy atom. The number of hydrogen-bond donors (Lipinski definition) is 3. The van der Waals surface area contributed by atoms with Crippen LogP contribution in [0.3, 0.4) is 0 Å². The average Bonchev–Trinajstić information content (AvgIpc) is 3.60. The van der Waals surface area contributed by atoms with Crippen LogP contribution in [0, 0.1) is 0 Å². The lowest BCUT2D eigenvalue weighted by atomic mass is 10.1. The third kappa shape index (κ3) is 5.83. The van der Waals surface area contributed by atoms with E-state index in [-0.39, 0.29) is 40.6 Å². The van der Waals surface area contributed by atoms with Crippen LogP contribution in [0.2, 0.25) is 0 Å². The van der Waals surface area contributed by atoms with Gasteiger partial charge in [0, 0.05) is 38.6 Å². The summed E-state index contributed by atoms with van der Waals surface area (Å²) in [5.74, 6) is 1.66. The molecule has 40 heavy (non-hydrogen) atoms. The van der Waals surface area contributed by atoms with Gasteiger partial charge >= 0.3 is 0 Å². The third-order valence-corrected chi connectivity index (χ3v) is 7.53. The molecule has 1 aromatic carbocycles. The fourth-order valence-electron chi connectivity index (χ4n) is 4.51. The highest BCUT2D eigenvalue weighted by Crippen LogP contribution is 2.30. The van der Waals surface area contributed by atoms with Crippen molar-refractivity contribution < 1.29 is 18.5 Å². The van der Waals surface area contributed by atoms with E-state index in [0.717, 1.165) is 11.3 Å². The maximum absolute atomic E-state index is 13.3. The molecule has 0 bridgehead atoms. The van der Waals surface area contributed by atoms with Crippen molar-refractivity contribution in [3.05, 3.63) is 65.9 Å². The quantitative estimate of drug-likeness (QED) is 0.367. The molecule has 1 saturated heterocycles. The molecule has 2 atom stereocenters. The van der Waals surface area contributed by atoms with Crippen molar-refractivity contribution in [3.8, 4) is 5.75 Å². The first-order chi connectivity index (χ1) is 19.3. The molecule has 4 heterocycles. The van der Waals surface area contributed by atoms with Gasteiger partial charge in [0.05, 0.1) is 23.6 Å². The van der Waals surface area contributed by atoms with Gasteiger partial charge in [-0.05, 0) is 42.2 Å². The third-order valence-electron chi connectivity index (χ3n) is 6.85. The number of amidine groups is 2. The number of benzene rings is 1. The number of nitrogens with zero attached hydrogens (tertiary/aromatic N) is 6. The number of piperazine rings is 1. The largest absolute Gasteiger partial charge is 0.505 e. The summed E-state index contributed by atoms with van der Waals surface area (Å²) >= 11 is -1.83. The van der Waals surface area contributed by atoms with E-state index in [1.165, 1.54) is 0 Å². The maximum atomic E-state index is 13.3. The van der Waals surface area contributed by atoms with E-state index < -0.39 is 11.2 Å². The molecular formula is C27H32N8O4S. The van der Waals surface area contributed by atoms with E-state index >= 15 is 0 Å². The number of rotatable bonds is 7. The molecule has 12 nitrogen and oxygen atoms in total. The summed E-state index contributed by atoms with van der Waals surface area (Å²) in [6, 6.07) is 8.40. The second kappa shape index (κ2) is 11.9. The van der Waals surface area contributed by atoms with Crippen molar-refractivity contribution >= 4 is 40.4 Å². The van der Waals surface area contributed by atoms with E-state index in [4.69, 9.17) is 4.42 Å². The van der Waals surface area contributed by atoms with E-state index in [2.05, 4.69) is 43.2 Å². The van der Waals surface area contributed by atoms with Crippen molar-refractivity contribution in [1.29, 1.82) is 0 Å². The lowest BCUT2D eigenvalue weighted by molar-refractivity contribution is 0.0743. The summed E-state index contributed by atoms with van der Waals surface area (Å²) in [7, 11) is 0. The number of furan rings is 1. The number of aromatic nitrogens is 2. The molecular weight excluding hydrogens is 532 g/mol. The summed E-state index contributed by atoms with van der Waals surface area (Å²) in [6.07, 6.45) is 5.80. The fourth-order valence-corrected chi connectivity index (χ4v) is 5.14. The molecule has 1 amide bonds. The molecule has 3 aromatic rings. The van der Waals surface area contributed by atoms with Crippen LogP contribution >= 0.6 is 0 Å². The monoisotopic (exact) mass is 564 g/mol. The topological polar surface area (TPSA) is 149 Å². The molecule has 13 heteroatoms. The van der Waals surface area contributed by atoms with Gasteiger partial charge in [-0.1, -0.05) is 26.8 Å². The Balaban J connectivity index is 1.27. The van der Waals surface area contributed by atoms with Crippen LogP contribution in [0.1, 0.15) is 60.8 Å². The Labute approximate surface area is 235 Å². The van der Waals surface area contributed by atoms with Crippen LogP contribution in [0.25, 0.3) is 0 Å². The first-order valence-electron chi connectivity index (χ1n) is 13.2. The molecule has 210 valence electrons. The second-order valence-corrected chi connectivity index (χ2v) is 10.6. The summed E-state index contributed by atoms with van der Waals surface area (Å²) in [6.45, 7) is 8.26. The van der Waals surface area contributed by atoms with Crippen LogP contribution in [-0.4, -0.2) is 67.9 Å². The molecule has 2 aromatic heterocycles. The van der Waals surface area contributed by atoms with Crippen LogP contribution in [0.15, 0.2) is 62.2 Å². The molecule has 2 aliphatic rings. The van der Waals surface area contributed by atoms with Gasteiger partial charge in [0.2, 0.25) is 5.95 Å². The van der Waals surface area contributed by atoms with E-state index in [9.17, 15) is 14.1 Å². The highest BCUT2D eigenvalue weighted by molar-refractivity contribution is 7.83. The number of carbonyl (C=O) groups excluding carboxylic acids is 1. The SMILES string of the molecule is CC[C@@H](NC1=NS(=O)N=C1Nc1cccc(C(=O)N2CCN(c3ncccn3)CC2)c1O)c1cc(C(C)C)co1. The van der Waals surface area contributed by atoms with E-state index in [1.807, 2.05) is 17.9 Å². The van der Waals surface area contributed by atoms with Gasteiger partial charge in [0.25, 0.3) is 17.1 Å². The second-order valence-electron chi connectivity index (χ2n) is 9.81. The highest BCUT2D eigenvalue weighted by atomic mass is 32.2. The maximum Gasteiger partial charge on any atom is 0.269 e. The Kier molecular flexibility index (Phi) is 8.10. The van der Waals surface area contributed by atoms with Crippen molar-refractivity contribution in [1.82, 2.24) is 20.2 Å². The molecule has 0 saturated carbocycles. The van der Waals surface area contributed by atoms with Gasteiger partial charge in [-0.3, -0.25) is 4.79 Å². The Bertz CT molecular complexity index is 1450. The number of para-hydroxylation sites is 1. The number of hydrogen-bond acceptors (Lipinski definition) is 9. The van der Waals surface area contributed by atoms with Crippen LogP contribution in [-0.2, 0) is 11.2 Å². The first-order valence-corrected chi connectivity index (χ1v) is 14.2. The Hall–Kier alpha value is -4.26. The minimum Gasteiger partial charge on any atom is -0.505 e. The normalized spacial score (nSPS) is 17.9. The van der Waals surface area contributed by atoms with Crippen molar-refractivity contribution in [2.75, 3.05) is 36.4 Å². The highest BCUT2D eigenvalue weighted by Gasteiger charge is 2.28. The summed E-state index contributed by atoms with van der Waals surface area (Å²) in [5.41, 5.74) is 1.49. The van der Waals surface area contributed by atoms with Crippen LogP contribution < -0.4 is 15.5 Å². The van der Waals surface area contributed by atoms with Crippen molar-refractivity contribution in [2.24, 2.45) is 8.80 Å². The zero-order valence-electron chi connectivity index (χ0n) is 22.6. The molecule has 2 aliphatic heterocycles. The Morgan fingerprint density at radius 1 is 1.10 bits per heavy atom. The molecule has 3 N–H and O–H groups in total. The summed E-state index contributed by atoms with van der Waals surface area (Å²) in [4.78, 5) is 25.6. The van der Waals surface area contributed by atoms with Gasteiger partial charge in [-0.15, -0.1) is 8.80 Å². The smallest absolute Gasteiger partial charge is 0.269 e. The van der Waals surface area contributed by atoms with Crippen molar-refractivity contribution in [3.63, 3.8) is 0 Å². The van der Waals surface area contributed by atoms with Gasteiger partial charge in [-0.2, -0.15) is 0 Å². The number of carbonyl (C=O) groups is 1. The zero-order valence-corrected chi connectivity index (χ0v) is 23.4. The lowest BCUT2D eigenvalue weighted by Crippen LogP contribution is -2.49. The Morgan fingerprint density at radius 2 is 1.82 bits per heavy atom. The van der Waals surface area contributed by atoms with Gasteiger partial charge < -0.3 is 30.0 Å². The van der Waals surface area contributed by atoms with Crippen LogP contribution in [0.5, 0.6) is 5.75 Å². The number of phenols is 1. The van der Waals surface area contributed by atoms with E-state index in [0.29, 0.717) is 44.5 Å². The number of anilines is 2. The predicted molar refractivity (Wildman–Crippen MR) is 154 cm³/mol. The standard InChI is InChI=1S/C27H32N8O4S/c1-4-20(22-15-18(16-39-22)17(2)3)30-24-25(33-40(38)32-24)31-21-8-5-7-19(23(21)36)26(37)34-11-13-35(14-12-34)27-28-9-6-10-29-27/h5-10,15-17,20,36H,4,11-14H2,1-3H3,(H,30,32)(H,31,33)/t20-,40?/m1/s1. The molecule has 1 fully saturated rings. The first kappa shape index (κ1) is 27.3. The molecule has 1 unspecified atom stereocenters. The summed E-state index contributed by atoms with van der Waals surface area (Å²) < 4.78 is 26.2. The predicted octanol–water partition coefficient (Wildman–Crippen LogP) is 3.40. The minimum atomic E-state index is -1.83. The van der Waals surface area contributed by atoms with E-state index in [1.54, 1.807) is 47.8 Å². The number of aromatic hydroxyl groups is 1. The average molecular weight is 565 g/mol. The minimum absolute atomic E-state index is 0.156. The summed E-state index contributed by atoms with van der Waals surface area (Å²) in [5, 5.41) is 17.3. The molecule has 0 aliphatic carbocycles. The fraction of sp³-hybridized carbons (Fsp3) is 0.370. The van der Waals surface area contributed by atoms with Gasteiger partial charge in [0.15, 0.2) is 17.4 Å². The zero-order chi connectivity index (χ0) is 28.2. The number of nitrogens with one attached hydrogen (secondary N) is 2. The lowest BCUT2D eigenvalue weighted by Gasteiger charge is -2.34. The van der Waals surface area contributed by atoms with Gasteiger partial charge in [0.1, 0.15) is 5.76 Å². The molecule has 0 spiro atoms. The molecule has 0 radical (unpaired) electrons. The molecule has 5 rings (SSSR count). The van der Waals surface area contributed by atoms with Crippen molar-refractivity contribution in [2.45, 2.75) is 39.2 Å². The van der Waals surface area contributed by atoms with Gasteiger partial charge in [-0.25, -0.2) is 14.2 Å². The number of amides is 1.